The van der Waals surface area contributed by atoms with Crippen molar-refractivity contribution < 1.29 is 81.2 Å². The molecule has 548 valence electrons. The zero-order valence-electron chi connectivity index (χ0n) is 60.6. The number of ether oxygens (including phenoxy) is 10. The predicted octanol–water partition coefficient (Wildman–Crippen LogP) is 6.55. The summed E-state index contributed by atoms with van der Waals surface area (Å²) in [5.41, 5.74) is 0.517. The van der Waals surface area contributed by atoms with E-state index in [1.165, 1.54) is 0 Å². The first-order valence-corrected chi connectivity index (χ1v) is 35.0. The first-order chi connectivity index (χ1) is 46.5. The molecule has 0 unspecified atom stereocenters. The van der Waals surface area contributed by atoms with Crippen molar-refractivity contribution in [2.24, 2.45) is 23.7 Å². The van der Waals surface area contributed by atoms with Crippen LogP contribution in [-0.4, -0.2) is 264 Å². The van der Waals surface area contributed by atoms with Crippen molar-refractivity contribution in [3.63, 3.8) is 0 Å². The number of aliphatic carboxylic acids is 1. The number of amides is 2. The Bertz CT molecular complexity index is 2970. The molecule has 1 aliphatic heterocycles. The normalized spacial score (nSPS) is 20.7. The summed E-state index contributed by atoms with van der Waals surface area (Å²) >= 11 is 0. The molecule has 98 heavy (non-hydrogen) atoms. The fourth-order valence-corrected chi connectivity index (χ4v) is 13.7. The van der Waals surface area contributed by atoms with Crippen LogP contribution >= 0.6 is 0 Å². The molecule has 26 heteroatoms. The second-order valence-corrected chi connectivity index (χ2v) is 29.4. The molecule has 0 spiro atoms. The molecule has 0 radical (unpaired) electrons. The number of hydrogen-bond donors (Lipinski definition) is 4. The van der Waals surface area contributed by atoms with Crippen LogP contribution in [0.4, 0.5) is 5.69 Å². The summed E-state index contributed by atoms with van der Waals surface area (Å²) in [7, 11) is 3.16. The molecular formula is C72H113N9O17. The zero-order chi connectivity index (χ0) is 71.2. The lowest BCUT2D eigenvalue weighted by Gasteiger charge is -2.59. The standard InChI is InChI=1S/C72H113N9O17/c1-50(2)56-44-55(17-18-58(56)81-59(66-60(89-12)15-14-16-61(66)90-13)45-57(76-81)67(86)75-72(68(87)88)53-40-51-39-52(42-53)43-54(72)41-51)73-19-29-91-31-33-93-35-37-95-38-36-94-34-32-92-30-20-74-62(82)46-77-21-23-78(47-63(83)96-69(3,4)5)25-27-80(49-65(85)98-71(9,10)11)28-26-79(24-22-77)48-64(84)97-70(6,7)8/h14-18,44-45,50-54,73H,19-43,46-49H2,1-13H3,(H,74,82)(H,75,86)(H,87,88). The van der Waals surface area contributed by atoms with Gasteiger partial charge in [-0.25, -0.2) is 9.48 Å². The number of hydrogen-bond acceptors (Lipinski definition) is 22. The minimum atomic E-state index is -1.34. The lowest BCUT2D eigenvalue weighted by atomic mass is 9.48. The highest BCUT2D eigenvalue weighted by Gasteiger charge is 2.62. The molecule has 2 amide bonds. The number of nitrogens with zero attached hydrogens (tertiary/aromatic N) is 6. The van der Waals surface area contributed by atoms with Crippen molar-refractivity contribution >= 4 is 41.4 Å². The Labute approximate surface area is 580 Å². The summed E-state index contributed by atoms with van der Waals surface area (Å²) in [5.74, 6) is -0.905. The van der Waals surface area contributed by atoms with Gasteiger partial charge < -0.3 is 68.4 Å². The third kappa shape index (κ3) is 24.7. The molecule has 8 rings (SSSR count). The first kappa shape index (κ1) is 78.8. The molecule has 5 fully saturated rings. The van der Waals surface area contributed by atoms with Crippen molar-refractivity contribution in [1.82, 2.24) is 40.0 Å². The number of aromatic nitrogens is 2. The van der Waals surface area contributed by atoms with Crippen LogP contribution in [0.1, 0.15) is 130 Å². The topological polar surface area (TPSA) is 282 Å². The van der Waals surface area contributed by atoms with Gasteiger partial charge in [-0.1, -0.05) is 19.9 Å². The fraction of sp³-hybridized carbons (Fsp3) is 0.708. The van der Waals surface area contributed by atoms with E-state index in [2.05, 4.69) is 35.9 Å². The van der Waals surface area contributed by atoms with Gasteiger partial charge in [-0.05, 0) is 166 Å². The minimum absolute atomic E-state index is 0.0320. The number of esters is 3. The highest BCUT2D eigenvalue weighted by atomic mass is 16.6. The lowest BCUT2D eigenvalue weighted by molar-refractivity contribution is -0.163. The molecule has 1 saturated heterocycles. The summed E-state index contributed by atoms with van der Waals surface area (Å²) in [4.78, 5) is 88.3. The Hall–Kier alpha value is -6.49. The number of anilines is 1. The second kappa shape index (κ2) is 37.3. The van der Waals surface area contributed by atoms with Gasteiger partial charge in [0.2, 0.25) is 5.91 Å². The van der Waals surface area contributed by atoms with E-state index in [9.17, 15) is 33.9 Å². The molecule has 4 N–H and O–H groups in total. The van der Waals surface area contributed by atoms with Crippen molar-refractivity contribution in [3.05, 3.63) is 53.7 Å². The quantitative estimate of drug-likeness (QED) is 0.0276. The van der Waals surface area contributed by atoms with E-state index >= 15 is 0 Å². The molecule has 2 aromatic carbocycles. The first-order valence-electron chi connectivity index (χ1n) is 35.0. The van der Waals surface area contributed by atoms with E-state index in [-0.39, 0.29) is 80.0 Å². The molecular weight excluding hydrogens is 1260 g/mol. The van der Waals surface area contributed by atoms with Gasteiger partial charge in [0.05, 0.1) is 123 Å². The third-order valence-electron chi connectivity index (χ3n) is 17.9. The van der Waals surface area contributed by atoms with Gasteiger partial charge in [0, 0.05) is 71.1 Å². The lowest BCUT2D eigenvalue weighted by Crippen LogP contribution is -2.70. The van der Waals surface area contributed by atoms with Crippen LogP contribution in [0.5, 0.6) is 11.5 Å². The number of methoxy groups -OCH3 is 2. The SMILES string of the molecule is COc1cccc(OC)c1-c1cc(C(=O)NC2(C(=O)O)C3CC4CC(C3)CC2C4)nn1-c1ccc(NCCOCCOCCOCCOCCOCCNC(=O)CN2CCN(CC(=O)OC(C)(C)C)CCN(CC(=O)OC(C)(C)C)CCN(CC(=O)OC(C)(C)C)CC2)cc1C(C)C. The summed E-state index contributed by atoms with van der Waals surface area (Å²) < 4.78 is 59.1. The maximum Gasteiger partial charge on any atom is 0.330 e. The van der Waals surface area contributed by atoms with E-state index in [0.717, 1.165) is 49.0 Å². The average Bonchev–Trinajstić information content (AvgIpc) is 0.817. The molecule has 26 nitrogen and oxygen atoms in total. The Morgan fingerprint density at radius 3 is 1.36 bits per heavy atom. The van der Waals surface area contributed by atoms with E-state index in [1.54, 1.807) is 25.0 Å². The highest BCUT2D eigenvalue weighted by molar-refractivity contribution is 5.98. The molecule has 4 aliphatic carbocycles. The van der Waals surface area contributed by atoms with Gasteiger partial charge in [-0.15, -0.1) is 0 Å². The van der Waals surface area contributed by atoms with Gasteiger partial charge in [0.15, 0.2) is 5.69 Å². The van der Waals surface area contributed by atoms with Crippen LogP contribution in [-0.2, 0) is 61.9 Å². The predicted molar refractivity (Wildman–Crippen MR) is 370 cm³/mol. The largest absolute Gasteiger partial charge is 0.496 e. The number of carboxylic acid groups (broad SMARTS) is 1. The second-order valence-electron chi connectivity index (χ2n) is 29.4. The number of carbonyl (C=O) groups is 6. The van der Waals surface area contributed by atoms with Crippen LogP contribution in [0.3, 0.4) is 0 Å². The van der Waals surface area contributed by atoms with Gasteiger partial charge in [-0.3, -0.25) is 43.6 Å². The zero-order valence-corrected chi connectivity index (χ0v) is 60.6. The van der Waals surface area contributed by atoms with Gasteiger partial charge in [-0.2, -0.15) is 5.10 Å². The summed E-state index contributed by atoms with van der Waals surface area (Å²) in [6, 6.07) is 13.2. The molecule has 0 atom stereocenters. The van der Waals surface area contributed by atoms with Crippen LogP contribution in [0.15, 0.2) is 42.5 Å². The van der Waals surface area contributed by atoms with Gasteiger partial charge in [0.25, 0.3) is 5.91 Å². The maximum atomic E-state index is 14.5. The third-order valence-corrected chi connectivity index (χ3v) is 17.9. The van der Waals surface area contributed by atoms with E-state index in [4.69, 9.17) is 52.5 Å². The molecule has 2 heterocycles. The molecule has 4 saturated carbocycles. The maximum absolute atomic E-state index is 14.5. The van der Waals surface area contributed by atoms with E-state index in [0.29, 0.717) is 160 Å². The van der Waals surface area contributed by atoms with Gasteiger partial charge in [0.1, 0.15) is 33.8 Å². The van der Waals surface area contributed by atoms with Crippen LogP contribution < -0.4 is 25.4 Å². The van der Waals surface area contributed by atoms with Crippen LogP contribution in [0.25, 0.3) is 16.9 Å². The minimum Gasteiger partial charge on any atom is -0.496 e. The van der Waals surface area contributed by atoms with Crippen LogP contribution in [0, 0.1) is 23.7 Å². The number of carboxylic acids is 1. The fourth-order valence-electron chi connectivity index (χ4n) is 13.7. The Balaban J connectivity index is 0.782. The number of benzene rings is 2. The number of rotatable bonds is 35. The Kier molecular flexibility index (Phi) is 30.0. The summed E-state index contributed by atoms with van der Waals surface area (Å²) in [5, 5.41) is 25.3. The number of carbonyl (C=O) groups excluding carboxylic acids is 5. The van der Waals surface area contributed by atoms with E-state index < -0.39 is 34.2 Å². The van der Waals surface area contributed by atoms with Gasteiger partial charge >= 0.3 is 23.9 Å². The Morgan fingerprint density at radius 1 is 0.551 bits per heavy atom. The molecule has 4 bridgehead atoms. The molecule has 3 aromatic rings. The van der Waals surface area contributed by atoms with Crippen molar-refractivity contribution in [3.8, 4) is 28.4 Å². The molecule has 1 aromatic heterocycles. The average molecular weight is 1380 g/mol. The molecule has 5 aliphatic rings. The van der Waals surface area contributed by atoms with E-state index in [1.807, 2.05) is 112 Å². The smallest absolute Gasteiger partial charge is 0.330 e. The van der Waals surface area contributed by atoms with Crippen molar-refractivity contribution in [1.29, 1.82) is 0 Å². The van der Waals surface area contributed by atoms with Crippen molar-refractivity contribution in [2.45, 2.75) is 137 Å². The van der Waals surface area contributed by atoms with Crippen molar-refractivity contribution in [2.75, 3.05) is 177 Å². The highest BCUT2D eigenvalue weighted by Crippen LogP contribution is 2.58. The number of nitrogens with one attached hydrogen (secondary N) is 3. The summed E-state index contributed by atoms with van der Waals surface area (Å²) in [6.45, 7) is 28.9. The van der Waals surface area contributed by atoms with Crippen LogP contribution in [0.2, 0.25) is 0 Å². The monoisotopic (exact) mass is 1380 g/mol. The Morgan fingerprint density at radius 2 is 0.959 bits per heavy atom. The summed E-state index contributed by atoms with van der Waals surface area (Å²) in [6.07, 6.45) is 4.39.